The van der Waals surface area contributed by atoms with E-state index in [1.165, 1.54) is 34.5 Å². The Morgan fingerprint density at radius 1 is 0.769 bits per heavy atom. The first-order chi connectivity index (χ1) is 12.6. The van der Waals surface area contributed by atoms with Crippen molar-refractivity contribution in [2.75, 3.05) is 35.5 Å². The first kappa shape index (κ1) is 19.2. The second kappa shape index (κ2) is 8.80. The van der Waals surface area contributed by atoms with Gasteiger partial charge in [0.25, 0.3) is 0 Å². The molecule has 2 aromatic carbocycles. The third-order valence-corrected chi connectivity index (χ3v) is 3.83. The van der Waals surface area contributed by atoms with Gasteiger partial charge in [-0.05, 0) is 24.3 Å². The number of methoxy groups -OCH3 is 5. The zero-order valence-electron chi connectivity index (χ0n) is 15.5. The van der Waals surface area contributed by atoms with Gasteiger partial charge in [-0.2, -0.15) is 0 Å². The number of rotatable bonds is 8. The van der Waals surface area contributed by atoms with E-state index in [1.54, 1.807) is 43.5 Å². The lowest BCUT2D eigenvalue weighted by molar-refractivity contribution is 0.104. The van der Waals surface area contributed by atoms with E-state index < -0.39 is 0 Å². The van der Waals surface area contributed by atoms with E-state index in [2.05, 4.69) is 0 Å². The summed E-state index contributed by atoms with van der Waals surface area (Å²) in [6, 6.07) is 8.61. The molecule has 0 aliphatic heterocycles. The third-order valence-electron chi connectivity index (χ3n) is 3.83. The molecule has 0 bridgehead atoms. The van der Waals surface area contributed by atoms with Gasteiger partial charge in [-0.15, -0.1) is 0 Å². The fraction of sp³-hybridized carbons (Fsp3) is 0.250. The number of ketones is 1. The molecule has 0 atom stereocenters. The van der Waals surface area contributed by atoms with Crippen LogP contribution < -0.4 is 23.7 Å². The van der Waals surface area contributed by atoms with E-state index in [9.17, 15) is 4.79 Å². The Hall–Kier alpha value is -3.15. The van der Waals surface area contributed by atoms with Crippen molar-refractivity contribution in [3.8, 4) is 28.7 Å². The molecule has 138 valence electrons. The Morgan fingerprint density at radius 2 is 1.27 bits per heavy atom. The lowest BCUT2D eigenvalue weighted by Crippen LogP contribution is -2.02. The van der Waals surface area contributed by atoms with Crippen molar-refractivity contribution in [3.63, 3.8) is 0 Å². The Kier molecular flexibility index (Phi) is 6.49. The lowest BCUT2D eigenvalue weighted by Gasteiger charge is -2.13. The largest absolute Gasteiger partial charge is 0.496 e. The molecule has 0 aromatic heterocycles. The molecule has 2 rings (SSSR count). The molecule has 6 heteroatoms. The quantitative estimate of drug-likeness (QED) is 0.530. The summed E-state index contributed by atoms with van der Waals surface area (Å²) in [7, 11) is 7.64. The van der Waals surface area contributed by atoms with Crippen molar-refractivity contribution >= 4 is 11.9 Å². The zero-order chi connectivity index (χ0) is 19.1. The Labute approximate surface area is 152 Å². The number of hydrogen-bond acceptors (Lipinski definition) is 6. The number of benzene rings is 2. The van der Waals surface area contributed by atoms with Crippen molar-refractivity contribution in [2.24, 2.45) is 0 Å². The highest BCUT2D eigenvalue weighted by Crippen LogP contribution is 2.35. The van der Waals surface area contributed by atoms with Crippen LogP contribution in [0.1, 0.15) is 15.9 Å². The van der Waals surface area contributed by atoms with Crippen molar-refractivity contribution in [1.29, 1.82) is 0 Å². The molecule has 26 heavy (non-hydrogen) atoms. The Morgan fingerprint density at radius 3 is 1.69 bits per heavy atom. The maximum atomic E-state index is 12.7. The second-order valence-corrected chi connectivity index (χ2v) is 5.18. The molecule has 0 aliphatic carbocycles. The predicted octanol–water partition coefficient (Wildman–Crippen LogP) is 3.63. The van der Waals surface area contributed by atoms with Gasteiger partial charge in [0.2, 0.25) is 0 Å². The van der Waals surface area contributed by atoms with Crippen LogP contribution in [-0.2, 0) is 0 Å². The van der Waals surface area contributed by atoms with Crippen LogP contribution in [0.15, 0.2) is 36.4 Å². The molecule has 0 fully saturated rings. The molecule has 0 N–H and O–H groups in total. The monoisotopic (exact) mass is 358 g/mol. The van der Waals surface area contributed by atoms with Crippen LogP contribution in [-0.4, -0.2) is 41.3 Å². The number of ether oxygens (including phenoxy) is 5. The maximum Gasteiger partial charge on any atom is 0.193 e. The fourth-order valence-electron chi connectivity index (χ4n) is 2.53. The predicted molar refractivity (Wildman–Crippen MR) is 99.0 cm³/mol. The molecule has 0 heterocycles. The smallest absolute Gasteiger partial charge is 0.193 e. The first-order valence-electron chi connectivity index (χ1n) is 7.83. The third kappa shape index (κ3) is 3.91. The summed E-state index contributed by atoms with van der Waals surface area (Å²) in [4.78, 5) is 12.7. The normalized spacial score (nSPS) is 10.5. The molecule has 0 saturated carbocycles. The number of carbonyl (C=O) groups is 1. The van der Waals surface area contributed by atoms with Gasteiger partial charge in [0.1, 0.15) is 34.3 Å². The van der Waals surface area contributed by atoms with Gasteiger partial charge in [-0.1, -0.05) is 6.07 Å². The Bertz CT molecular complexity index is 763. The summed E-state index contributed by atoms with van der Waals surface area (Å²) in [6.07, 6.45) is 3.05. The summed E-state index contributed by atoms with van der Waals surface area (Å²) in [5, 5.41) is 0. The van der Waals surface area contributed by atoms with Gasteiger partial charge in [0.15, 0.2) is 5.78 Å². The first-order valence-corrected chi connectivity index (χ1v) is 7.83. The van der Waals surface area contributed by atoms with Crippen molar-refractivity contribution < 1.29 is 28.5 Å². The second-order valence-electron chi connectivity index (χ2n) is 5.18. The minimum Gasteiger partial charge on any atom is -0.496 e. The standard InChI is InChI=1S/C20H22O6/c1-22-13-11-18(25-4)14(19(12-13)26-5)9-10-15(21)20-16(23-2)7-6-8-17(20)24-3/h6-12H,1-5H3/b10-9+. The van der Waals surface area contributed by atoms with E-state index in [4.69, 9.17) is 23.7 Å². The molecule has 0 aliphatic rings. The molecular weight excluding hydrogens is 336 g/mol. The van der Waals surface area contributed by atoms with Crippen LogP contribution in [0.5, 0.6) is 28.7 Å². The SMILES string of the molecule is COc1cc(OC)c(/C=C/C(=O)c2c(OC)cccc2OC)c(OC)c1. The van der Waals surface area contributed by atoms with Crippen molar-refractivity contribution in [2.45, 2.75) is 0 Å². The van der Waals surface area contributed by atoms with Crippen molar-refractivity contribution in [1.82, 2.24) is 0 Å². The molecule has 0 unspecified atom stereocenters. The molecule has 0 radical (unpaired) electrons. The lowest BCUT2D eigenvalue weighted by atomic mass is 10.1. The molecular formula is C20H22O6. The molecule has 0 amide bonds. The number of hydrogen-bond donors (Lipinski definition) is 0. The maximum absolute atomic E-state index is 12.7. The summed E-state index contributed by atoms with van der Waals surface area (Å²) in [5.41, 5.74) is 0.971. The van der Waals surface area contributed by atoms with E-state index in [0.29, 0.717) is 39.9 Å². The van der Waals surface area contributed by atoms with E-state index in [0.717, 1.165) is 0 Å². The fourth-order valence-corrected chi connectivity index (χ4v) is 2.53. The average Bonchev–Trinajstić information content (AvgIpc) is 2.70. The topological polar surface area (TPSA) is 63.2 Å². The van der Waals surface area contributed by atoms with Gasteiger partial charge in [-0.3, -0.25) is 4.79 Å². The number of allylic oxidation sites excluding steroid dienone is 1. The molecule has 0 saturated heterocycles. The highest BCUT2D eigenvalue weighted by Gasteiger charge is 2.17. The number of carbonyl (C=O) groups excluding carboxylic acids is 1. The highest BCUT2D eigenvalue weighted by atomic mass is 16.5. The summed E-state index contributed by atoms with van der Waals surface area (Å²) >= 11 is 0. The van der Waals surface area contributed by atoms with Gasteiger partial charge < -0.3 is 23.7 Å². The van der Waals surface area contributed by atoms with Gasteiger partial charge in [-0.25, -0.2) is 0 Å². The van der Waals surface area contributed by atoms with Crippen LogP contribution in [0.2, 0.25) is 0 Å². The summed E-state index contributed by atoms with van der Waals surface area (Å²) < 4.78 is 26.6. The minimum atomic E-state index is -0.265. The molecule has 6 nitrogen and oxygen atoms in total. The van der Waals surface area contributed by atoms with Crippen LogP contribution in [0.4, 0.5) is 0 Å². The van der Waals surface area contributed by atoms with Gasteiger partial charge >= 0.3 is 0 Å². The summed E-state index contributed by atoms with van der Waals surface area (Å²) in [6.45, 7) is 0. The van der Waals surface area contributed by atoms with Crippen LogP contribution in [0, 0.1) is 0 Å². The summed E-state index contributed by atoms with van der Waals surface area (Å²) in [5.74, 6) is 2.25. The minimum absolute atomic E-state index is 0.265. The van der Waals surface area contributed by atoms with Gasteiger partial charge in [0, 0.05) is 12.1 Å². The van der Waals surface area contributed by atoms with Crippen LogP contribution in [0.3, 0.4) is 0 Å². The average molecular weight is 358 g/mol. The van der Waals surface area contributed by atoms with Crippen LogP contribution >= 0.6 is 0 Å². The zero-order valence-corrected chi connectivity index (χ0v) is 15.5. The van der Waals surface area contributed by atoms with E-state index in [-0.39, 0.29) is 5.78 Å². The molecule has 2 aromatic rings. The van der Waals surface area contributed by atoms with Crippen LogP contribution in [0.25, 0.3) is 6.08 Å². The van der Waals surface area contributed by atoms with E-state index in [1.807, 2.05) is 0 Å². The van der Waals surface area contributed by atoms with Crippen molar-refractivity contribution in [3.05, 3.63) is 47.5 Å². The Balaban J connectivity index is 2.46. The molecule has 0 spiro atoms. The van der Waals surface area contributed by atoms with Gasteiger partial charge in [0.05, 0.1) is 41.1 Å². The highest BCUT2D eigenvalue weighted by molar-refractivity contribution is 6.10. The van der Waals surface area contributed by atoms with E-state index >= 15 is 0 Å².